The van der Waals surface area contributed by atoms with Crippen LogP contribution in [-0.2, 0) is 0 Å². The van der Waals surface area contributed by atoms with E-state index in [1.807, 2.05) is 0 Å². The molecule has 0 radical (unpaired) electrons. The van der Waals surface area contributed by atoms with E-state index in [-0.39, 0.29) is 6.10 Å². The Morgan fingerprint density at radius 3 is 2.53 bits per heavy atom. The molecule has 2 rings (SSSR count). The van der Waals surface area contributed by atoms with Gasteiger partial charge in [0, 0.05) is 0 Å². The van der Waals surface area contributed by atoms with Gasteiger partial charge in [0.15, 0.2) is 0 Å². The normalized spacial score (nSPS) is 30.8. The van der Waals surface area contributed by atoms with Gasteiger partial charge in [-0.2, -0.15) is 0 Å². The monoisotopic (exact) mass is 204 g/mol. The van der Waals surface area contributed by atoms with E-state index in [4.69, 9.17) is 0 Å². The Hall–Kier alpha value is -0.820. The second-order valence-corrected chi connectivity index (χ2v) is 4.97. The minimum absolute atomic E-state index is 0.102. The predicted octanol–water partition coefficient (Wildman–Crippen LogP) is 3.18. The number of aryl methyl sites for hydroxylation is 2. The molecule has 1 N–H and O–H groups in total. The molecule has 1 nitrogen and oxygen atoms in total. The molecule has 1 saturated carbocycles. The van der Waals surface area contributed by atoms with Gasteiger partial charge >= 0.3 is 0 Å². The van der Waals surface area contributed by atoms with Crippen molar-refractivity contribution in [3.8, 4) is 0 Å². The fraction of sp³-hybridized carbons (Fsp3) is 0.571. The molecule has 1 fully saturated rings. The molecule has 1 heteroatoms. The number of hydrogen-bond donors (Lipinski definition) is 1. The number of aliphatic hydroxyl groups excluding tert-OH is 1. The smallest absolute Gasteiger partial charge is 0.0571 e. The maximum absolute atomic E-state index is 9.79. The molecule has 0 aliphatic heterocycles. The first-order valence-electron chi connectivity index (χ1n) is 5.85. The number of rotatable bonds is 1. The number of aliphatic hydroxyl groups is 1. The molecule has 0 saturated heterocycles. The highest BCUT2D eigenvalue weighted by atomic mass is 16.3. The van der Waals surface area contributed by atoms with Gasteiger partial charge < -0.3 is 5.11 Å². The Kier molecular flexibility index (Phi) is 2.83. The van der Waals surface area contributed by atoms with Crippen LogP contribution < -0.4 is 0 Å². The summed E-state index contributed by atoms with van der Waals surface area (Å²) in [5, 5.41) is 9.79. The molecule has 0 amide bonds. The second kappa shape index (κ2) is 3.97. The molecule has 82 valence electrons. The molecule has 0 bridgehead atoms. The van der Waals surface area contributed by atoms with Gasteiger partial charge in [-0.05, 0) is 49.7 Å². The van der Waals surface area contributed by atoms with Crippen molar-refractivity contribution in [3.05, 3.63) is 34.9 Å². The van der Waals surface area contributed by atoms with Crippen LogP contribution in [0.3, 0.4) is 0 Å². The number of hydrogen-bond acceptors (Lipinski definition) is 1. The van der Waals surface area contributed by atoms with Gasteiger partial charge in [0.05, 0.1) is 6.10 Å². The van der Waals surface area contributed by atoms with E-state index < -0.39 is 0 Å². The van der Waals surface area contributed by atoms with E-state index in [0.29, 0.717) is 11.8 Å². The zero-order chi connectivity index (χ0) is 11.0. The van der Waals surface area contributed by atoms with E-state index in [1.54, 1.807) is 0 Å². The largest absolute Gasteiger partial charge is 0.393 e. The lowest BCUT2D eigenvalue weighted by Gasteiger charge is -2.20. The first-order valence-corrected chi connectivity index (χ1v) is 5.85. The minimum atomic E-state index is -0.102. The fourth-order valence-corrected chi connectivity index (χ4v) is 2.74. The Bertz CT molecular complexity index is 356. The SMILES string of the molecule is Cc1ccc(C)c(C2CCC(O)C2C)c1. The lowest BCUT2D eigenvalue weighted by molar-refractivity contribution is 0.136. The standard InChI is InChI=1S/C14H20O/c1-9-4-5-10(2)13(8-9)12-6-7-14(15)11(12)3/h4-5,8,11-12,14-15H,6-7H2,1-3H3. The average molecular weight is 204 g/mol. The third kappa shape index (κ3) is 1.93. The number of benzene rings is 1. The summed E-state index contributed by atoms with van der Waals surface area (Å²) in [7, 11) is 0. The lowest BCUT2D eigenvalue weighted by atomic mass is 9.86. The molecule has 0 heterocycles. The third-order valence-corrected chi connectivity index (χ3v) is 3.85. The van der Waals surface area contributed by atoms with Gasteiger partial charge in [-0.25, -0.2) is 0 Å². The van der Waals surface area contributed by atoms with Crippen molar-refractivity contribution in [2.45, 2.75) is 45.6 Å². The van der Waals surface area contributed by atoms with Crippen LogP contribution in [0.25, 0.3) is 0 Å². The summed E-state index contributed by atoms with van der Waals surface area (Å²) in [5.41, 5.74) is 4.13. The molecule has 15 heavy (non-hydrogen) atoms. The maximum Gasteiger partial charge on any atom is 0.0571 e. The predicted molar refractivity (Wildman–Crippen MR) is 63.1 cm³/mol. The first kappa shape index (κ1) is 10.7. The summed E-state index contributed by atoms with van der Waals surface area (Å²) >= 11 is 0. The van der Waals surface area contributed by atoms with Gasteiger partial charge in [-0.1, -0.05) is 30.7 Å². The Morgan fingerprint density at radius 1 is 1.20 bits per heavy atom. The molecule has 1 aliphatic rings. The Balaban J connectivity index is 2.33. The zero-order valence-corrected chi connectivity index (χ0v) is 9.83. The van der Waals surface area contributed by atoms with Crippen molar-refractivity contribution < 1.29 is 5.11 Å². The van der Waals surface area contributed by atoms with Gasteiger partial charge in [0.1, 0.15) is 0 Å². The van der Waals surface area contributed by atoms with E-state index in [2.05, 4.69) is 39.0 Å². The highest BCUT2D eigenvalue weighted by Crippen LogP contribution is 2.40. The first-order chi connectivity index (χ1) is 7.09. The van der Waals surface area contributed by atoms with Crippen LogP contribution in [0.4, 0.5) is 0 Å². The van der Waals surface area contributed by atoms with E-state index in [9.17, 15) is 5.11 Å². The van der Waals surface area contributed by atoms with Crippen LogP contribution >= 0.6 is 0 Å². The molecular weight excluding hydrogens is 184 g/mol. The van der Waals surface area contributed by atoms with Crippen LogP contribution in [0.15, 0.2) is 18.2 Å². The van der Waals surface area contributed by atoms with Crippen LogP contribution in [-0.4, -0.2) is 11.2 Å². The van der Waals surface area contributed by atoms with Gasteiger partial charge in [0.25, 0.3) is 0 Å². The quantitative estimate of drug-likeness (QED) is 0.745. The fourth-order valence-electron chi connectivity index (χ4n) is 2.74. The van der Waals surface area contributed by atoms with Crippen molar-refractivity contribution in [3.63, 3.8) is 0 Å². The van der Waals surface area contributed by atoms with Crippen molar-refractivity contribution in [2.24, 2.45) is 5.92 Å². The molecule has 0 aromatic heterocycles. The summed E-state index contributed by atoms with van der Waals surface area (Å²) in [5.74, 6) is 0.963. The Labute approximate surface area is 92.1 Å². The van der Waals surface area contributed by atoms with Gasteiger partial charge in [-0.3, -0.25) is 0 Å². The molecule has 3 unspecified atom stereocenters. The molecule has 1 aliphatic carbocycles. The maximum atomic E-state index is 9.79. The zero-order valence-electron chi connectivity index (χ0n) is 9.83. The van der Waals surface area contributed by atoms with Crippen LogP contribution in [0, 0.1) is 19.8 Å². The third-order valence-electron chi connectivity index (χ3n) is 3.85. The molecule has 1 aromatic rings. The van der Waals surface area contributed by atoms with Crippen LogP contribution in [0.1, 0.15) is 42.4 Å². The van der Waals surface area contributed by atoms with E-state index in [0.717, 1.165) is 12.8 Å². The summed E-state index contributed by atoms with van der Waals surface area (Å²) in [6.07, 6.45) is 1.99. The average Bonchev–Trinajstić information content (AvgIpc) is 2.52. The summed E-state index contributed by atoms with van der Waals surface area (Å²) in [6.45, 7) is 6.48. The lowest BCUT2D eigenvalue weighted by Crippen LogP contribution is -2.14. The van der Waals surface area contributed by atoms with Crippen molar-refractivity contribution in [2.75, 3.05) is 0 Å². The molecule has 3 atom stereocenters. The van der Waals surface area contributed by atoms with Crippen molar-refractivity contribution in [1.82, 2.24) is 0 Å². The van der Waals surface area contributed by atoms with Crippen LogP contribution in [0.2, 0.25) is 0 Å². The van der Waals surface area contributed by atoms with Crippen molar-refractivity contribution in [1.29, 1.82) is 0 Å². The van der Waals surface area contributed by atoms with Gasteiger partial charge in [-0.15, -0.1) is 0 Å². The molecular formula is C14H20O. The van der Waals surface area contributed by atoms with Gasteiger partial charge in [0.2, 0.25) is 0 Å². The highest BCUT2D eigenvalue weighted by molar-refractivity contribution is 5.34. The Morgan fingerprint density at radius 2 is 1.93 bits per heavy atom. The topological polar surface area (TPSA) is 20.2 Å². The van der Waals surface area contributed by atoms with E-state index >= 15 is 0 Å². The minimum Gasteiger partial charge on any atom is -0.393 e. The summed E-state index contributed by atoms with van der Waals surface area (Å²) in [4.78, 5) is 0. The summed E-state index contributed by atoms with van der Waals surface area (Å²) < 4.78 is 0. The molecule has 1 aromatic carbocycles. The van der Waals surface area contributed by atoms with Crippen molar-refractivity contribution >= 4 is 0 Å². The second-order valence-electron chi connectivity index (χ2n) is 4.97. The summed E-state index contributed by atoms with van der Waals surface area (Å²) in [6, 6.07) is 6.64. The highest BCUT2D eigenvalue weighted by Gasteiger charge is 2.32. The molecule has 0 spiro atoms. The van der Waals surface area contributed by atoms with E-state index in [1.165, 1.54) is 16.7 Å². The van der Waals surface area contributed by atoms with Crippen LogP contribution in [0.5, 0.6) is 0 Å².